The summed E-state index contributed by atoms with van der Waals surface area (Å²) in [6, 6.07) is 17.6. The van der Waals surface area contributed by atoms with Crippen molar-refractivity contribution in [3.8, 4) is 0 Å². The second kappa shape index (κ2) is 7.18. The van der Waals surface area contributed by atoms with E-state index in [9.17, 15) is 0 Å². The Hall–Kier alpha value is -2.88. The summed E-state index contributed by atoms with van der Waals surface area (Å²) in [7, 11) is 0. The van der Waals surface area contributed by atoms with Crippen LogP contribution in [0.2, 0.25) is 0 Å². The second-order valence-corrected chi connectivity index (χ2v) is 8.63. The summed E-state index contributed by atoms with van der Waals surface area (Å²) in [6.45, 7) is 9.61. The molecule has 1 aliphatic heterocycles. The molecule has 0 atom stereocenters. The smallest absolute Gasteiger partial charge is 0.149 e. The van der Waals surface area contributed by atoms with E-state index in [0.717, 1.165) is 35.7 Å². The Bertz CT molecular complexity index is 1070. The monoisotopic (exact) mass is 384 g/mol. The molecule has 1 saturated carbocycles. The topological polar surface area (TPSA) is 32.3 Å². The maximum Gasteiger partial charge on any atom is 0.149 e. The highest BCUT2D eigenvalue weighted by atomic mass is 15.4. The number of hydrogen-bond donors (Lipinski definition) is 0. The molecule has 0 spiro atoms. The summed E-state index contributed by atoms with van der Waals surface area (Å²) >= 11 is 0. The van der Waals surface area contributed by atoms with E-state index in [-0.39, 0.29) is 0 Å². The Morgan fingerprint density at radius 3 is 2.48 bits per heavy atom. The fourth-order valence-corrected chi connectivity index (χ4v) is 4.24. The van der Waals surface area contributed by atoms with Gasteiger partial charge in [-0.05, 0) is 49.8 Å². The summed E-state index contributed by atoms with van der Waals surface area (Å²) in [5.74, 6) is 2.58. The van der Waals surface area contributed by atoms with Crippen molar-refractivity contribution >= 4 is 22.3 Å². The molecule has 1 fully saturated rings. The van der Waals surface area contributed by atoms with Crippen LogP contribution in [0.5, 0.6) is 0 Å². The van der Waals surface area contributed by atoms with Gasteiger partial charge in [0.1, 0.15) is 11.6 Å². The van der Waals surface area contributed by atoms with Gasteiger partial charge < -0.3 is 9.80 Å². The van der Waals surface area contributed by atoms with Gasteiger partial charge in [0.25, 0.3) is 0 Å². The lowest BCUT2D eigenvalue weighted by Crippen LogP contribution is -2.29. The minimum Gasteiger partial charge on any atom is -0.323 e. The molecule has 0 N–H and O–H groups in total. The van der Waals surface area contributed by atoms with E-state index in [2.05, 4.69) is 78.8 Å². The second-order valence-electron chi connectivity index (χ2n) is 8.63. The van der Waals surface area contributed by atoms with Gasteiger partial charge in [-0.3, -0.25) is 0 Å². The molecule has 5 rings (SSSR count). The third kappa shape index (κ3) is 3.37. The molecule has 4 nitrogen and oxygen atoms in total. The van der Waals surface area contributed by atoms with E-state index >= 15 is 0 Å². The number of benzene rings is 2. The maximum atomic E-state index is 5.02. The van der Waals surface area contributed by atoms with Crippen LogP contribution in [0, 0.1) is 5.92 Å². The van der Waals surface area contributed by atoms with Crippen LogP contribution in [0.3, 0.4) is 0 Å². The number of anilines is 2. The molecule has 2 heterocycles. The van der Waals surface area contributed by atoms with Gasteiger partial charge in [0.05, 0.1) is 29.1 Å². The molecule has 0 amide bonds. The molecule has 1 aliphatic carbocycles. The molecular formula is C25H28N4. The molecule has 4 heteroatoms. The number of aromatic nitrogens is 2. The van der Waals surface area contributed by atoms with Gasteiger partial charge in [-0.2, -0.15) is 0 Å². The lowest BCUT2D eigenvalue weighted by atomic mass is 10.0. The number of fused-ring (bicyclic) bond motifs is 2. The fraction of sp³-hybridized carbons (Fsp3) is 0.360. The molecular weight excluding hydrogens is 356 g/mol. The van der Waals surface area contributed by atoms with Gasteiger partial charge in [0.15, 0.2) is 0 Å². The maximum absolute atomic E-state index is 5.02. The van der Waals surface area contributed by atoms with Crippen LogP contribution in [-0.2, 0) is 13.0 Å². The van der Waals surface area contributed by atoms with Crippen molar-refractivity contribution in [2.24, 2.45) is 5.92 Å². The summed E-state index contributed by atoms with van der Waals surface area (Å²) in [5.41, 5.74) is 4.68. The standard InChI is InChI=1S/C25H28N4/c1-17(2)12-15-22-20-8-4-5-9-21(20)26-25(27-22)16-28-18(3)29(19-13-14-19)24-11-7-6-10-23(24)28/h4-11,17,19H,3,12-16H2,1-2H3. The Balaban J connectivity index is 1.51. The van der Waals surface area contributed by atoms with Crippen LogP contribution in [-0.4, -0.2) is 16.0 Å². The lowest BCUT2D eigenvalue weighted by Gasteiger charge is -2.24. The normalized spacial score (nSPS) is 16.2. The van der Waals surface area contributed by atoms with Crippen LogP contribution in [0.1, 0.15) is 44.6 Å². The van der Waals surface area contributed by atoms with Crippen LogP contribution in [0.25, 0.3) is 10.9 Å². The van der Waals surface area contributed by atoms with Crippen LogP contribution >= 0.6 is 0 Å². The first kappa shape index (κ1) is 18.2. The first-order valence-corrected chi connectivity index (χ1v) is 10.7. The van der Waals surface area contributed by atoms with Crippen molar-refractivity contribution in [3.05, 3.63) is 72.4 Å². The van der Waals surface area contributed by atoms with Gasteiger partial charge in [0.2, 0.25) is 0 Å². The number of para-hydroxylation sites is 3. The summed E-state index contributed by atoms with van der Waals surface area (Å²) in [4.78, 5) is 14.6. The molecule has 0 radical (unpaired) electrons. The largest absolute Gasteiger partial charge is 0.323 e. The number of hydrogen-bond acceptors (Lipinski definition) is 4. The van der Waals surface area contributed by atoms with Crippen LogP contribution in [0.15, 0.2) is 60.9 Å². The number of aryl methyl sites for hydroxylation is 1. The first-order valence-electron chi connectivity index (χ1n) is 10.7. The first-order chi connectivity index (χ1) is 14.1. The fourth-order valence-electron chi connectivity index (χ4n) is 4.24. The molecule has 29 heavy (non-hydrogen) atoms. The third-order valence-electron chi connectivity index (χ3n) is 5.92. The van der Waals surface area contributed by atoms with Crippen molar-refractivity contribution in [1.82, 2.24) is 9.97 Å². The highest BCUT2D eigenvalue weighted by Crippen LogP contribution is 2.47. The van der Waals surface area contributed by atoms with Gasteiger partial charge in [-0.25, -0.2) is 9.97 Å². The van der Waals surface area contributed by atoms with E-state index < -0.39 is 0 Å². The van der Waals surface area contributed by atoms with Gasteiger partial charge in [-0.15, -0.1) is 0 Å². The Kier molecular flexibility index (Phi) is 4.50. The van der Waals surface area contributed by atoms with E-state index in [1.807, 2.05) is 0 Å². The summed E-state index contributed by atoms with van der Waals surface area (Å²) in [5, 5.41) is 1.18. The molecule has 0 unspecified atom stereocenters. The van der Waals surface area contributed by atoms with Crippen molar-refractivity contribution in [3.63, 3.8) is 0 Å². The Labute approximate surface area is 172 Å². The molecule has 3 aromatic rings. The van der Waals surface area contributed by atoms with E-state index in [1.54, 1.807) is 0 Å². The molecule has 0 bridgehead atoms. The minimum atomic E-state index is 0.591. The number of rotatable bonds is 6. The molecule has 2 aromatic carbocycles. The van der Waals surface area contributed by atoms with Gasteiger partial charge in [-0.1, -0.05) is 50.8 Å². The molecule has 2 aliphatic rings. The third-order valence-corrected chi connectivity index (χ3v) is 5.92. The van der Waals surface area contributed by atoms with Crippen molar-refractivity contribution < 1.29 is 0 Å². The number of nitrogens with zero attached hydrogens (tertiary/aromatic N) is 4. The minimum absolute atomic E-state index is 0.591. The van der Waals surface area contributed by atoms with Crippen molar-refractivity contribution in [2.45, 2.75) is 52.1 Å². The highest BCUT2D eigenvalue weighted by Gasteiger charge is 2.39. The Morgan fingerprint density at radius 1 is 1.00 bits per heavy atom. The van der Waals surface area contributed by atoms with Gasteiger partial charge in [0, 0.05) is 11.4 Å². The predicted octanol–water partition coefficient (Wildman–Crippen LogP) is 5.68. The average Bonchev–Trinajstić information content (AvgIpc) is 3.52. The van der Waals surface area contributed by atoms with Gasteiger partial charge >= 0.3 is 0 Å². The Morgan fingerprint density at radius 2 is 1.72 bits per heavy atom. The quantitative estimate of drug-likeness (QED) is 0.547. The zero-order chi connectivity index (χ0) is 20.0. The zero-order valence-corrected chi connectivity index (χ0v) is 17.3. The lowest BCUT2D eigenvalue weighted by molar-refractivity contribution is 0.581. The van der Waals surface area contributed by atoms with Crippen molar-refractivity contribution in [1.29, 1.82) is 0 Å². The van der Waals surface area contributed by atoms with Crippen LogP contribution < -0.4 is 9.80 Å². The zero-order valence-electron chi connectivity index (χ0n) is 17.3. The highest BCUT2D eigenvalue weighted by molar-refractivity contribution is 5.83. The molecule has 1 aromatic heterocycles. The predicted molar refractivity (Wildman–Crippen MR) is 120 cm³/mol. The molecule has 0 saturated heterocycles. The van der Waals surface area contributed by atoms with E-state index in [0.29, 0.717) is 18.5 Å². The average molecular weight is 385 g/mol. The van der Waals surface area contributed by atoms with E-state index in [1.165, 1.54) is 29.6 Å². The van der Waals surface area contributed by atoms with Crippen LogP contribution in [0.4, 0.5) is 11.4 Å². The summed E-state index contributed by atoms with van der Waals surface area (Å²) in [6.07, 6.45) is 4.61. The molecule has 148 valence electrons. The van der Waals surface area contributed by atoms with E-state index in [4.69, 9.17) is 9.97 Å². The SMILES string of the molecule is C=C1N(Cc2nc(CCC(C)C)c3ccccc3n2)c2ccccc2N1C1CC1. The van der Waals surface area contributed by atoms with Crippen molar-refractivity contribution in [2.75, 3.05) is 9.80 Å². The summed E-state index contributed by atoms with van der Waals surface area (Å²) < 4.78 is 0.